The monoisotopic (exact) mass is 265 g/mol. The van der Waals surface area contributed by atoms with E-state index in [2.05, 4.69) is 4.18 Å². The van der Waals surface area contributed by atoms with Crippen LogP contribution in [0.4, 0.5) is 0 Å². The maximum atomic E-state index is 10.9. The van der Waals surface area contributed by atoms with Crippen molar-refractivity contribution in [3.8, 4) is 5.06 Å². The second-order valence-electron chi connectivity index (χ2n) is 2.86. The number of rotatable bonds is 6. The van der Waals surface area contributed by atoms with Crippen LogP contribution in [0.2, 0.25) is 0 Å². The van der Waals surface area contributed by atoms with Gasteiger partial charge in [0.2, 0.25) is 0 Å². The lowest BCUT2D eigenvalue weighted by Gasteiger charge is -2.04. The molecular weight excluding hydrogens is 254 g/mol. The normalized spacial score (nSPS) is 11.3. The van der Waals surface area contributed by atoms with Crippen molar-refractivity contribution >= 4 is 27.4 Å². The summed E-state index contributed by atoms with van der Waals surface area (Å²) in [6.45, 7) is -0.0667. The molecule has 6 nitrogen and oxygen atoms in total. The van der Waals surface area contributed by atoms with Crippen LogP contribution < -0.4 is 10.5 Å². The Balaban J connectivity index is 2.43. The largest absolute Gasteiger partial charge is 0.481 e. The maximum absolute atomic E-state index is 10.9. The molecule has 1 rings (SSSR count). The number of hydrogen-bond acceptors (Lipinski definition) is 6. The van der Waals surface area contributed by atoms with Crippen molar-refractivity contribution in [1.29, 1.82) is 0 Å². The zero-order chi connectivity index (χ0) is 12.2. The molecule has 1 aromatic heterocycles. The third-order valence-electron chi connectivity index (χ3n) is 1.51. The number of primary amides is 1. The van der Waals surface area contributed by atoms with Crippen molar-refractivity contribution in [2.75, 3.05) is 19.5 Å². The molecule has 0 aromatic carbocycles. The Morgan fingerprint density at radius 3 is 2.75 bits per heavy atom. The summed E-state index contributed by atoms with van der Waals surface area (Å²) < 4.78 is 30.9. The Kier molecular flexibility index (Phi) is 4.27. The van der Waals surface area contributed by atoms with Gasteiger partial charge in [-0.15, -0.1) is 11.3 Å². The molecule has 1 aromatic rings. The molecule has 0 radical (unpaired) electrons. The summed E-state index contributed by atoms with van der Waals surface area (Å²) in [5.74, 6) is -0.583. The van der Waals surface area contributed by atoms with Gasteiger partial charge in [0.15, 0.2) is 5.06 Å². The molecule has 0 saturated heterocycles. The minimum absolute atomic E-state index is 0.0356. The second-order valence-corrected chi connectivity index (χ2v) is 5.38. The number of thiophene rings is 1. The second kappa shape index (κ2) is 5.28. The molecule has 16 heavy (non-hydrogen) atoms. The van der Waals surface area contributed by atoms with Crippen LogP contribution in [-0.4, -0.2) is 33.8 Å². The molecule has 1 heterocycles. The van der Waals surface area contributed by atoms with Gasteiger partial charge in [0, 0.05) is 0 Å². The highest BCUT2D eigenvalue weighted by molar-refractivity contribution is 7.85. The van der Waals surface area contributed by atoms with E-state index in [1.54, 1.807) is 11.4 Å². The van der Waals surface area contributed by atoms with Gasteiger partial charge in [-0.05, 0) is 11.4 Å². The van der Waals surface area contributed by atoms with Gasteiger partial charge in [-0.2, -0.15) is 8.42 Å². The maximum Gasteiger partial charge on any atom is 0.264 e. The van der Waals surface area contributed by atoms with Crippen LogP contribution in [0.15, 0.2) is 11.4 Å². The van der Waals surface area contributed by atoms with E-state index in [0.717, 1.165) is 6.26 Å². The highest BCUT2D eigenvalue weighted by Crippen LogP contribution is 2.25. The van der Waals surface area contributed by atoms with Crippen LogP contribution in [0.3, 0.4) is 0 Å². The summed E-state index contributed by atoms with van der Waals surface area (Å²) in [5, 5.41) is 2.02. The van der Waals surface area contributed by atoms with Crippen molar-refractivity contribution in [3.05, 3.63) is 17.0 Å². The molecule has 0 atom stereocenters. The van der Waals surface area contributed by atoms with Crippen molar-refractivity contribution in [1.82, 2.24) is 0 Å². The van der Waals surface area contributed by atoms with Crippen LogP contribution in [0.1, 0.15) is 10.4 Å². The average Bonchev–Trinajstić information content (AvgIpc) is 2.58. The van der Waals surface area contributed by atoms with Gasteiger partial charge in [-0.3, -0.25) is 8.98 Å². The van der Waals surface area contributed by atoms with E-state index in [9.17, 15) is 13.2 Å². The molecule has 0 bridgehead atoms. The van der Waals surface area contributed by atoms with Gasteiger partial charge in [0.05, 0.1) is 11.8 Å². The minimum atomic E-state index is -3.46. The van der Waals surface area contributed by atoms with E-state index < -0.39 is 16.0 Å². The van der Waals surface area contributed by atoms with E-state index in [0.29, 0.717) is 5.06 Å². The first kappa shape index (κ1) is 12.9. The summed E-state index contributed by atoms with van der Waals surface area (Å²) in [5.41, 5.74) is 5.37. The average molecular weight is 265 g/mol. The smallest absolute Gasteiger partial charge is 0.264 e. The summed E-state index contributed by atoms with van der Waals surface area (Å²) in [6, 6.07) is 1.54. The van der Waals surface area contributed by atoms with E-state index >= 15 is 0 Å². The number of amides is 1. The topological polar surface area (TPSA) is 95.7 Å². The molecule has 0 saturated carbocycles. The van der Waals surface area contributed by atoms with Gasteiger partial charge in [-0.1, -0.05) is 0 Å². The molecule has 0 fully saturated rings. The highest BCUT2D eigenvalue weighted by atomic mass is 32.2. The predicted octanol–water partition coefficient (Wildman–Crippen LogP) is 0.202. The van der Waals surface area contributed by atoms with Crippen LogP contribution in [0.25, 0.3) is 0 Å². The minimum Gasteiger partial charge on any atom is -0.481 e. The van der Waals surface area contributed by atoms with E-state index in [4.69, 9.17) is 10.5 Å². The van der Waals surface area contributed by atoms with Crippen LogP contribution in [0.5, 0.6) is 5.06 Å². The van der Waals surface area contributed by atoms with Gasteiger partial charge in [0.1, 0.15) is 13.2 Å². The molecule has 8 heteroatoms. The summed E-state index contributed by atoms with van der Waals surface area (Å²) in [4.78, 5) is 10.9. The van der Waals surface area contributed by atoms with E-state index in [1.807, 2.05) is 0 Å². The fraction of sp³-hybridized carbons (Fsp3) is 0.375. The summed E-state index contributed by atoms with van der Waals surface area (Å²) in [6.07, 6.45) is 0.951. The first-order chi connectivity index (χ1) is 7.40. The first-order valence-electron chi connectivity index (χ1n) is 4.24. The fourth-order valence-corrected chi connectivity index (χ4v) is 2.06. The van der Waals surface area contributed by atoms with E-state index in [-0.39, 0.29) is 18.8 Å². The summed E-state index contributed by atoms with van der Waals surface area (Å²) in [7, 11) is -3.46. The first-order valence-corrected chi connectivity index (χ1v) is 6.94. The quantitative estimate of drug-likeness (QED) is 0.585. The molecule has 2 N–H and O–H groups in total. The third-order valence-corrected chi connectivity index (χ3v) is 2.93. The highest BCUT2D eigenvalue weighted by Gasteiger charge is 2.10. The molecule has 0 aliphatic heterocycles. The Labute approximate surface area is 97.1 Å². The van der Waals surface area contributed by atoms with Crippen LogP contribution >= 0.6 is 11.3 Å². The molecule has 0 unspecified atom stereocenters. The Morgan fingerprint density at radius 2 is 2.19 bits per heavy atom. The molecular formula is C8H11NO5S2. The zero-order valence-corrected chi connectivity index (χ0v) is 10.1. The predicted molar refractivity (Wildman–Crippen MR) is 59.1 cm³/mol. The van der Waals surface area contributed by atoms with Crippen molar-refractivity contribution in [2.45, 2.75) is 0 Å². The Morgan fingerprint density at radius 1 is 1.50 bits per heavy atom. The number of carbonyl (C=O) groups excluding carboxylic acids is 1. The lowest BCUT2D eigenvalue weighted by Crippen LogP contribution is -2.14. The van der Waals surface area contributed by atoms with Gasteiger partial charge in [-0.25, -0.2) is 0 Å². The molecule has 0 spiro atoms. The Hall–Kier alpha value is -1.12. The Bertz CT molecular complexity index is 465. The lowest BCUT2D eigenvalue weighted by atomic mass is 10.3. The number of ether oxygens (including phenoxy) is 1. The molecule has 90 valence electrons. The molecule has 0 aliphatic carbocycles. The van der Waals surface area contributed by atoms with E-state index in [1.165, 1.54) is 11.3 Å². The van der Waals surface area contributed by atoms with Crippen LogP contribution in [-0.2, 0) is 14.3 Å². The molecule has 0 aliphatic rings. The lowest BCUT2D eigenvalue weighted by molar-refractivity contribution is 0.0996. The number of hydrogen-bond donors (Lipinski definition) is 1. The van der Waals surface area contributed by atoms with Crippen molar-refractivity contribution in [3.63, 3.8) is 0 Å². The number of carbonyl (C=O) groups is 1. The van der Waals surface area contributed by atoms with Gasteiger partial charge >= 0.3 is 0 Å². The van der Waals surface area contributed by atoms with Crippen molar-refractivity contribution < 1.29 is 22.1 Å². The zero-order valence-electron chi connectivity index (χ0n) is 8.50. The SMILES string of the molecule is CS(=O)(=O)OCCOc1sccc1C(N)=O. The third kappa shape index (κ3) is 4.17. The summed E-state index contributed by atoms with van der Waals surface area (Å²) >= 11 is 1.21. The van der Waals surface area contributed by atoms with Gasteiger partial charge in [0.25, 0.3) is 16.0 Å². The number of nitrogens with two attached hydrogens (primary N) is 1. The van der Waals surface area contributed by atoms with Crippen LogP contribution in [0, 0.1) is 0 Å². The van der Waals surface area contributed by atoms with Gasteiger partial charge < -0.3 is 10.5 Å². The fourth-order valence-electron chi connectivity index (χ4n) is 0.910. The molecule has 1 amide bonds. The van der Waals surface area contributed by atoms with Crippen molar-refractivity contribution in [2.24, 2.45) is 5.73 Å². The standard InChI is InChI=1S/C8H11NO5S2/c1-16(11,12)14-4-3-13-8-6(7(9)10)2-5-15-8/h2,5H,3-4H2,1H3,(H2,9,10).